The number of ketones is 1. The van der Waals surface area contributed by atoms with E-state index in [-0.39, 0.29) is 48.0 Å². The molecule has 0 aromatic carbocycles. The zero-order valence-electron chi connectivity index (χ0n) is 12.5. The molecule has 2 atom stereocenters. The standard InChI is InChI=1S/C13H28N2O.2HI/c1-14(2,3)9-11-7-8-12(13(11)16)10-15(4,5)6;;/h11-12H,7-10H2,1-6H3;2*1H/q+2;;/p-2. The van der Waals surface area contributed by atoms with Gasteiger partial charge in [-0.2, -0.15) is 0 Å². The van der Waals surface area contributed by atoms with Crippen molar-refractivity contribution in [2.24, 2.45) is 11.8 Å². The Morgan fingerprint density at radius 2 is 1.11 bits per heavy atom. The first-order valence-corrected chi connectivity index (χ1v) is 6.23. The van der Waals surface area contributed by atoms with E-state index in [1.807, 2.05) is 0 Å². The van der Waals surface area contributed by atoms with Crippen LogP contribution in [0.1, 0.15) is 12.8 Å². The molecule has 0 aromatic heterocycles. The molecule has 0 bridgehead atoms. The average molecular weight is 482 g/mol. The zero-order chi connectivity index (χ0) is 12.6. The Morgan fingerprint density at radius 1 is 0.833 bits per heavy atom. The molecule has 3 nitrogen and oxygen atoms in total. The van der Waals surface area contributed by atoms with Gasteiger partial charge in [-0.1, -0.05) is 0 Å². The molecule has 1 aliphatic rings. The minimum absolute atomic E-state index is 0. The second-order valence-electron chi connectivity index (χ2n) is 7.32. The summed E-state index contributed by atoms with van der Waals surface area (Å²) in [6.45, 7) is 1.99. The summed E-state index contributed by atoms with van der Waals surface area (Å²) in [5, 5.41) is 0. The van der Waals surface area contributed by atoms with Gasteiger partial charge >= 0.3 is 0 Å². The number of nitrogens with zero attached hydrogens (tertiary/aromatic N) is 2. The summed E-state index contributed by atoms with van der Waals surface area (Å²) >= 11 is 0. The van der Waals surface area contributed by atoms with Gasteiger partial charge in [-0.25, -0.2) is 0 Å². The van der Waals surface area contributed by atoms with Gasteiger partial charge in [0.05, 0.1) is 67.2 Å². The van der Waals surface area contributed by atoms with E-state index in [0.29, 0.717) is 17.6 Å². The summed E-state index contributed by atoms with van der Waals surface area (Å²) in [7, 11) is 13.0. The van der Waals surface area contributed by atoms with Crippen molar-refractivity contribution in [2.45, 2.75) is 12.8 Å². The summed E-state index contributed by atoms with van der Waals surface area (Å²) < 4.78 is 1.79. The predicted molar refractivity (Wildman–Crippen MR) is 67.0 cm³/mol. The van der Waals surface area contributed by atoms with E-state index >= 15 is 0 Å². The third-order valence-corrected chi connectivity index (χ3v) is 3.20. The molecule has 0 spiro atoms. The van der Waals surface area contributed by atoms with Gasteiger partial charge in [-0.05, 0) is 12.8 Å². The van der Waals surface area contributed by atoms with Crippen LogP contribution in [-0.2, 0) is 4.79 Å². The van der Waals surface area contributed by atoms with Crippen molar-refractivity contribution >= 4 is 5.78 Å². The van der Waals surface area contributed by atoms with Crippen LogP contribution in [0, 0.1) is 11.8 Å². The molecule has 110 valence electrons. The molecule has 1 rings (SSSR count). The number of hydrogen-bond acceptors (Lipinski definition) is 1. The van der Waals surface area contributed by atoms with Crippen LogP contribution in [0.5, 0.6) is 0 Å². The Morgan fingerprint density at radius 3 is 1.33 bits per heavy atom. The highest BCUT2D eigenvalue weighted by Gasteiger charge is 2.39. The van der Waals surface area contributed by atoms with Crippen molar-refractivity contribution in [1.82, 2.24) is 0 Å². The Kier molecular flexibility index (Phi) is 9.17. The number of carbonyl (C=O) groups excluding carboxylic acids is 1. The highest BCUT2D eigenvalue weighted by molar-refractivity contribution is 5.85. The van der Waals surface area contributed by atoms with Gasteiger partial charge in [0.25, 0.3) is 0 Å². The molecule has 0 N–H and O–H groups in total. The fraction of sp³-hybridized carbons (Fsp3) is 0.923. The Bertz CT molecular complexity index is 243. The molecule has 0 aliphatic heterocycles. The van der Waals surface area contributed by atoms with Gasteiger partial charge in [-0.3, -0.25) is 4.79 Å². The largest absolute Gasteiger partial charge is 1.00 e. The summed E-state index contributed by atoms with van der Waals surface area (Å²) in [5.74, 6) is 1.12. The highest BCUT2D eigenvalue weighted by atomic mass is 127. The quantitative estimate of drug-likeness (QED) is 0.290. The molecule has 1 fully saturated rings. The molecule has 18 heavy (non-hydrogen) atoms. The maximum absolute atomic E-state index is 12.2. The maximum Gasteiger partial charge on any atom is 0.150 e. The number of hydrogen-bond donors (Lipinski definition) is 0. The molecule has 2 unspecified atom stereocenters. The van der Waals surface area contributed by atoms with Crippen molar-refractivity contribution in [1.29, 1.82) is 0 Å². The number of rotatable bonds is 4. The molecule has 1 aliphatic carbocycles. The smallest absolute Gasteiger partial charge is 0.150 e. The Hall–Kier alpha value is 1.05. The zero-order valence-corrected chi connectivity index (χ0v) is 16.9. The summed E-state index contributed by atoms with van der Waals surface area (Å²) in [5.41, 5.74) is 0. The van der Waals surface area contributed by atoms with Crippen molar-refractivity contribution < 1.29 is 61.7 Å². The lowest BCUT2D eigenvalue weighted by Crippen LogP contribution is -3.00. The molecule has 0 radical (unpaired) electrons. The van der Waals surface area contributed by atoms with Gasteiger partial charge in [0.2, 0.25) is 0 Å². The Labute approximate surface area is 147 Å². The molecule has 0 heterocycles. The van der Waals surface area contributed by atoms with Gasteiger partial charge < -0.3 is 56.9 Å². The lowest BCUT2D eigenvalue weighted by Gasteiger charge is -2.28. The molecule has 0 amide bonds. The second-order valence-corrected chi connectivity index (χ2v) is 7.32. The van der Waals surface area contributed by atoms with Crippen LogP contribution < -0.4 is 48.0 Å². The van der Waals surface area contributed by atoms with E-state index < -0.39 is 0 Å². The molecule has 0 aromatic rings. The van der Waals surface area contributed by atoms with Gasteiger partial charge in [0.1, 0.15) is 5.78 Å². The first-order valence-electron chi connectivity index (χ1n) is 6.23. The van der Waals surface area contributed by atoms with Crippen molar-refractivity contribution in [2.75, 3.05) is 55.4 Å². The molecule has 0 saturated heterocycles. The van der Waals surface area contributed by atoms with Crippen LogP contribution >= 0.6 is 0 Å². The predicted octanol–water partition coefficient (Wildman–Crippen LogP) is -5.00. The van der Waals surface area contributed by atoms with Crippen LogP contribution in [0.4, 0.5) is 0 Å². The molecule has 5 heteroatoms. The first-order chi connectivity index (χ1) is 7.08. The molecular weight excluding hydrogens is 454 g/mol. The van der Waals surface area contributed by atoms with E-state index in [1.165, 1.54) is 0 Å². The monoisotopic (exact) mass is 482 g/mol. The first kappa shape index (κ1) is 21.4. The minimum Gasteiger partial charge on any atom is -1.00 e. The lowest BCUT2D eigenvalue weighted by atomic mass is 10.0. The lowest BCUT2D eigenvalue weighted by molar-refractivity contribution is -0.873. The van der Waals surface area contributed by atoms with Crippen LogP contribution in [0.15, 0.2) is 0 Å². The SMILES string of the molecule is C[N+](C)(C)CC1CCC(C[N+](C)(C)C)C1=O.[I-].[I-]. The number of Topliss-reactive ketones (excluding diaryl/α,β-unsaturated/α-hetero) is 1. The third-order valence-electron chi connectivity index (χ3n) is 3.20. The molecular formula is C13H28I2N2O. The Balaban J connectivity index is 0. The van der Waals surface area contributed by atoms with Crippen LogP contribution in [0.2, 0.25) is 0 Å². The molecule has 1 saturated carbocycles. The van der Waals surface area contributed by atoms with Crippen molar-refractivity contribution in [3.05, 3.63) is 0 Å². The van der Waals surface area contributed by atoms with E-state index in [1.54, 1.807) is 0 Å². The fourth-order valence-corrected chi connectivity index (χ4v) is 2.71. The van der Waals surface area contributed by atoms with Gasteiger partial charge in [0, 0.05) is 0 Å². The van der Waals surface area contributed by atoms with Crippen molar-refractivity contribution in [3.8, 4) is 0 Å². The maximum atomic E-state index is 12.2. The summed E-state index contributed by atoms with van der Waals surface area (Å²) in [6, 6.07) is 0. The fourth-order valence-electron chi connectivity index (χ4n) is 2.71. The third kappa shape index (κ3) is 7.59. The van der Waals surface area contributed by atoms with Crippen molar-refractivity contribution in [3.63, 3.8) is 0 Å². The van der Waals surface area contributed by atoms with E-state index in [9.17, 15) is 4.79 Å². The average Bonchev–Trinajstić information content (AvgIpc) is 2.30. The highest BCUT2D eigenvalue weighted by Crippen LogP contribution is 2.29. The normalized spacial score (nSPS) is 24.4. The number of quaternary nitrogens is 2. The van der Waals surface area contributed by atoms with Gasteiger partial charge in [0.15, 0.2) is 0 Å². The topological polar surface area (TPSA) is 17.1 Å². The minimum atomic E-state index is 0. The summed E-state index contributed by atoms with van der Waals surface area (Å²) in [6.07, 6.45) is 2.19. The van der Waals surface area contributed by atoms with E-state index in [0.717, 1.165) is 34.9 Å². The van der Waals surface area contributed by atoms with Crippen LogP contribution in [-0.4, -0.2) is 70.1 Å². The number of halogens is 2. The van der Waals surface area contributed by atoms with Gasteiger partial charge in [-0.15, -0.1) is 0 Å². The van der Waals surface area contributed by atoms with Crippen LogP contribution in [0.25, 0.3) is 0 Å². The van der Waals surface area contributed by atoms with E-state index in [2.05, 4.69) is 42.3 Å². The summed E-state index contributed by atoms with van der Waals surface area (Å²) in [4.78, 5) is 12.2. The van der Waals surface area contributed by atoms with Crippen LogP contribution in [0.3, 0.4) is 0 Å². The van der Waals surface area contributed by atoms with E-state index in [4.69, 9.17) is 0 Å². The second kappa shape index (κ2) is 7.73. The number of carbonyl (C=O) groups is 1.